The lowest BCUT2D eigenvalue weighted by molar-refractivity contribution is -0.114. The summed E-state index contributed by atoms with van der Waals surface area (Å²) in [4.78, 5) is 18.4. The van der Waals surface area contributed by atoms with Crippen LogP contribution in [0.2, 0.25) is 0 Å². The van der Waals surface area contributed by atoms with Crippen molar-refractivity contribution in [2.24, 2.45) is 0 Å². The number of carbonyl (C=O) groups is 1. The Morgan fingerprint density at radius 1 is 1.11 bits per heavy atom. The molecule has 19 heavy (non-hydrogen) atoms. The van der Waals surface area contributed by atoms with Gasteiger partial charge in [0.05, 0.1) is 11.2 Å². The summed E-state index contributed by atoms with van der Waals surface area (Å²) in [6.07, 6.45) is 1.74. The molecule has 3 rings (SSSR count). The number of fused-ring (bicyclic) bond motifs is 1. The summed E-state index contributed by atoms with van der Waals surface area (Å²) in [5.74, 6) is -0.0133. The smallest absolute Gasteiger partial charge is 0.258 e. The van der Waals surface area contributed by atoms with Gasteiger partial charge in [-0.15, -0.1) is 0 Å². The molecule has 0 unspecified atom stereocenters. The van der Waals surface area contributed by atoms with E-state index >= 15 is 0 Å². The van der Waals surface area contributed by atoms with Crippen LogP contribution in [0.25, 0.3) is 10.9 Å². The molecule has 0 atom stereocenters. The molecule has 3 heteroatoms. The van der Waals surface area contributed by atoms with Crippen LogP contribution in [-0.2, 0) is 4.79 Å². The maximum Gasteiger partial charge on any atom is 0.258 e. The van der Waals surface area contributed by atoms with Crippen LogP contribution in [0.15, 0.2) is 60.0 Å². The average molecular weight is 250 g/mol. The molecular formula is C16H14N2O. The zero-order valence-corrected chi connectivity index (χ0v) is 11.0. The molecule has 1 aromatic heterocycles. The molecule has 1 aromatic carbocycles. The standard InChI is InChI=1S/C16H14N2O/c1-10-11(2)16(19)18(12(10)3)14-8-4-6-13-7-5-9-17-15(13)14/h4-9H,3H2,1-2H3. The lowest BCUT2D eigenvalue weighted by Crippen LogP contribution is -2.24. The molecule has 94 valence electrons. The van der Waals surface area contributed by atoms with Gasteiger partial charge in [0.15, 0.2) is 0 Å². The Morgan fingerprint density at radius 2 is 1.84 bits per heavy atom. The van der Waals surface area contributed by atoms with Gasteiger partial charge in [-0.2, -0.15) is 0 Å². The van der Waals surface area contributed by atoms with Gasteiger partial charge in [-0.05, 0) is 31.6 Å². The minimum absolute atomic E-state index is 0.0133. The molecule has 0 spiro atoms. The quantitative estimate of drug-likeness (QED) is 0.776. The fourth-order valence-corrected chi connectivity index (χ4v) is 2.36. The van der Waals surface area contributed by atoms with Crippen molar-refractivity contribution in [1.82, 2.24) is 4.98 Å². The molecule has 0 radical (unpaired) electrons. The Bertz CT molecular complexity index is 714. The molecular weight excluding hydrogens is 236 g/mol. The van der Waals surface area contributed by atoms with Gasteiger partial charge in [0.2, 0.25) is 0 Å². The predicted molar refractivity (Wildman–Crippen MR) is 76.7 cm³/mol. The highest BCUT2D eigenvalue weighted by atomic mass is 16.2. The highest BCUT2D eigenvalue weighted by Gasteiger charge is 2.31. The summed E-state index contributed by atoms with van der Waals surface area (Å²) >= 11 is 0. The number of benzene rings is 1. The van der Waals surface area contributed by atoms with Crippen molar-refractivity contribution in [2.45, 2.75) is 13.8 Å². The number of allylic oxidation sites excluding steroid dienone is 1. The van der Waals surface area contributed by atoms with E-state index < -0.39 is 0 Å². The van der Waals surface area contributed by atoms with Crippen molar-refractivity contribution in [3.8, 4) is 0 Å². The average Bonchev–Trinajstić information content (AvgIpc) is 2.63. The largest absolute Gasteiger partial charge is 0.275 e. The first-order chi connectivity index (χ1) is 9.11. The number of amides is 1. The third kappa shape index (κ3) is 1.58. The van der Waals surface area contributed by atoms with Crippen LogP contribution >= 0.6 is 0 Å². The number of aromatic nitrogens is 1. The molecule has 0 fully saturated rings. The summed E-state index contributed by atoms with van der Waals surface area (Å²) < 4.78 is 0. The Labute approximate surface area is 111 Å². The molecule has 0 N–H and O–H groups in total. The van der Waals surface area contributed by atoms with Crippen LogP contribution in [0.4, 0.5) is 5.69 Å². The summed E-state index contributed by atoms with van der Waals surface area (Å²) in [5, 5.41) is 1.02. The predicted octanol–water partition coefficient (Wildman–Crippen LogP) is 3.43. The second-order valence-electron chi connectivity index (χ2n) is 4.69. The van der Waals surface area contributed by atoms with Crippen molar-refractivity contribution in [3.63, 3.8) is 0 Å². The highest BCUT2D eigenvalue weighted by Crippen LogP contribution is 2.35. The van der Waals surface area contributed by atoms with Gasteiger partial charge in [-0.25, -0.2) is 0 Å². The molecule has 0 saturated heterocycles. The van der Waals surface area contributed by atoms with Gasteiger partial charge in [0.25, 0.3) is 5.91 Å². The zero-order chi connectivity index (χ0) is 13.6. The molecule has 1 amide bonds. The number of pyridine rings is 1. The number of hydrogen-bond donors (Lipinski definition) is 0. The Morgan fingerprint density at radius 3 is 2.53 bits per heavy atom. The van der Waals surface area contributed by atoms with E-state index in [1.807, 2.05) is 44.2 Å². The first kappa shape index (κ1) is 11.7. The fraction of sp³-hybridized carbons (Fsp3) is 0.125. The van der Waals surface area contributed by atoms with Gasteiger partial charge >= 0.3 is 0 Å². The maximum atomic E-state index is 12.3. The molecule has 2 aromatic rings. The summed E-state index contributed by atoms with van der Waals surface area (Å²) in [6.45, 7) is 7.78. The van der Waals surface area contributed by atoms with Crippen molar-refractivity contribution >= 4 is 22.5 Å². The van der Waals surface area contributed by atoms with Gasteiger partial charge in [-0.1, -0.05) is 24.8 Å². The van der Waals surface area contributed by atoms with E-state index in [4.69, 9.17) is 0 Å². The van der Waals surface area contributed by atoms with Gasteiger partial charge in [0.1, 0.15) is 0 Å². The molecule has 0 aliphatic carbocycles. The van der Waals surface area contributed by atoms with Crippen molar-refractivity contribution in [1.29, 1.82) is 0 Å². The van der Waals surface area contributed by atoms with E-state index in [9.17, 15) is 4.79 Å². The number of anilines is 1. The van der Waals surface area contributed by atoms with E-state index in [2.05, 4.69) is 11.6 Å². The first-order valence-corrected chi connectivity index (χ1v) is 6.16. The minimum Gasteiger partial charge on any atom is -0.275 e. The lowest BCUT2D eigenvalue weighted by Gasteiger charge is -2.19. The van der Waals surface area contributed by atoms with Crippen LogP contribution in [-0.4, -0.2) is 10.9 Å². The highest BCUT2D eigenvalue weighted by molar-refractivity contribution is 6.15. The first-order valence-electron chi connectivity index (χ1n) is 6.16. The Hall–Kier alpha value is -2.42. The summed E-state index contributed by atoms with van der Waals surface area (Å²) in [7, 11) is 0. The monoisotopic (exact) mass is 250 g/mol. The number of carbonyl (C=O) groups excluding carboxylic acids is 1. The third-order valence-electron chi connectivity index (χ3n) is 3.64. The second kappa shape index (κ2) is 4.05. The van der Waals surface area contributed by atoms with Crippen molar-refractivity contribution in [3.05, 3.63) is 60.0 Å². The van der Waals surface area contributed by atoms with E-state index in [1.54, 1.807) is 11.1 Å². The fourth-order valence-electron chi connectivity index (χ4n) is 2.36. The van der Waals surface area contributed by atoms with Crippen LogP contribution in [0, 0.1) is 0 Å². The molecule has 2 heterocycles. The Balaban J connectivity index is 2.22. The summed E-state index contributed by atoms with van der Waals surface area (Å²) in [5.41, 5.74) is 4.04. The van der Waals surface area contributed by atoms with Gasteiger partial charge in [0, 0.05) is 22.9 Å². The van der Waals surface area contributed by atoms with Gasteiger partial charge in [-0.3, -0.25) is 14.7 Å². The molecule has 1 aliphatic rings. The van der Waals surface area contributed by atoms with Crippen molar-refractivity contribution in [2.75, 3.05) is 4.90 Å². The number of rotatable bonds is 1. The molecule has 0 saturated carbocycles. The molecule has 0 bridgehead atoms. The van der Waals surface area contributed by atoms with Gasteiger partial charge < -0.3 is 0 Å². The van der Waals surface area contributed by atoms with E-state index in [-0.39, 0.29) is 5.91 Å². The topological polar surface area (TPSA) is 33.2 Å². The summed E-state index contributed by atoms with van der Waals surface area (Å²) in [6, 6.07) is 9.71. The zero-order valence-electron chi connectivity index (χ0n) is 11.0. The molecule has 1 aliphatic heterocycles. The Kier molecular flexibility index (Phi) is 2.49. The van der Waals surface area contributed by atoms with Crippen LogP contribution < -0.4 is 4.90 Å². The van der Waals surface area contributed by atoms with E-state index in [0.29, 0.717) is 0 Å². The maximum absolute atomic E-state index is 12.3. The SMILES string of the molecule is C=C1C(C)=C(C)C(=O)N1c1cccc2cccnc12. The van der Waals surface area contributed by atoms with E-state index in [1.165, 1.54) is 0 Å². The number of para-hydroxylation sites is 1. The van der Waals surface area contributed by atoms with Crippen LogP contribution in [0.3, 0.4) is 0 Å². The minimum atomic E-state index is -0.0133. The van der Waals surface area contributed by atoms with Crippen LogP contribution in [0.1, 0.15) is 13.8 Å². The van der Waals surface area contributed by atoms with Crippen molar-refractivity contribution < 1.29 is 4.79 Å². The number of hydrogen-bond acceptors (Lipinski definition) is 2. The number of nitrogens with zero attached hydrogens (tertiary/aromatic N) is 2. The lowest BCUT2D eigenvalue weighted by atomic mass is 10.1. The third-order valence-corrected chi connectivity index (χ3v) is 3.64. The second-order valence-corrected chi connectivity index (χ2v) is 4.69. The normalized spacial score (nSPS) is 15.8. The van der Waals surface area contributed by atoms with E-state index in [0.717, 1.165) is 33.4 Å². The molecule has 3 nitrogen and oxygen atoms in total. The van der Waals surface area contributed by atoms with Crippen LogP contribution in [0.5, 0.6) is 0 Å².